The lowest BCUT2D eigenvalue weighted by molar-refractivity contribution is -0.153. The Morgan fingerprint density at radius 2 is 0.830 bits per heavy atom. The minimum atomic E-state index is -5.00. The fraction of sp³-hybridized carbons (Fsp3) is 0.508. The number of rotatable bonds is 16. The molecule has 29 heteroatoms. The van der Waals surface area contributed by atoms with Crippen LogP contribution in [-0.2, 0) is 64.1 Å². The molecule has 6 rings (SSSR count). The van der Waals surface area contributed by atoms with Crippen LogP contribution in [0.5, 0.6) is 0 Å². The first-order chi connectivity index (χ1) is 40.8. The molecule has 0 aromatic heterocycles. The van der Waals surface area contributed by atoms with Crippen molar-refractivity contribution in [3.63, 3.8) is 0 Å². The quantitative estimate of drug-likeness (QED) is 0.0142. The number of urea groups is 2. The summed E-state index contributed by atoms with van der Waals surface area (Å²) in [7, 11) is 2.85. The van der Waals surface area contributed by atoms with Gasteiger partial charge in [-0.15, -0.1) is 23.2 Å². The van der Waals surface area contributed by atoms with Crippen molar-refractivity contribution >= 4 is 53.0 Å². The summed E-state index contributed by atoms with van der Waals surface area (Å²) in [5.41, 5.74) is -7.64. The van der Waals surface area contributed by atoms with Gasteiger partial charge in [-0.25, -0.2) is 15.4 Å². The van der Waals surface area contributed by atoms with E-state index in [9.17, 15) is 76.7 Å². The second-order valence-electron chi connectivity index (χ2n) is 22.3. The van der Waals surface area contributed by atoms with E-state index >= 15 is 0 Å². The van der Waals surface area contributed by atoms with Crippen molar-refractivity contribution in [3.8, 4) is 0 Å². The molecule has 15 nitrogen and oxygen atoms in total. The van der Waals surface area contributed by atoms with Crippen LogP contribution in [0.3, 0.4) is 0 Å². The highest BCUT2D eigenvalue weighted by molar-refractivity contribution is 6.40. The van der Waals surface area contributed by atoms with Crippen molar-refractivity contribution in [3.05, 3.63) is 142 Å². The summed E-state index contributed by atoms with van der Waals surface area (Å²) in [6.07, 6.45) is -20.5. The van der Waals surface area contributed by atoms with Gasteiger partial charge in [-0.1, -0.05) is 60.7 Å². The molecule has 2 aliphatic carbocycles. The highest BCUT2D eigenvalue weighted by Gasteiger charge is 2.51. The van der Waals surface area contributed by atoms with Gasteiger partial charge in [0.25, 0.3) is 0 Å². The number of nitrogens with two attached hydrogens (primary N) is 1. The molecule has 0 aliphatic heterocycles. The second kappa shape index (κ2) is 30.3. The number of alkyl halides is 14. The summed E-state index contributed by atoms with van der Waals surface area (Å²) in [6.45, 7) is 7.22. The van der Waals surface area contributed by atoms with E-state index in [1.54, 1.807) is 57.2 Å². The Kier molecular flexibility index (Phi) is 25.5. The third kappa shape index (κ3) is 20.2. The van der Waals surface area contributed by atoms with Gasteiger partial charge in [0.1, 0.15) is 23.2 Å². The summed E-state index contributed by atoms with van der Waals surface area (Å²) in [6, 6.07) is 19.3. The molecule has 488 valence electrons. The number of likely N-dealkylation sites (N-methyl/N-ethyl adjacent to an activating group) is 2. The van der Waals surface area contributed by atoms with Gasteiger partial charge < -0.3 is 40.8 Å². The SMILES string of the molecule is CNC(=O)C1(NC(=O)NCC(=O)OC(C)(C)C)CCC(CO[C@H](C)c2cc(C(F)(F)F)cc(C(F)(F)F)c2)(c2ccccc2)CC1.CNC(=O)C1(NC(=O)NN)CCC(CO[C@H](C)c2cc(C(F)(F)F)cc(C(F)(F)F)c2)(c2ccccc2)CC1.ClCCl. The number of esters is 1. The maximum Gasteiger partial charge on any atom is 0.416 e. The first-order valence-corrected chi connectivity index (χ1v) is 28.4. The molecule has 0 radical (unpaired) electrons. The average molecular weight is 1310 g/mol. The highest BCUT2D eigenvalue weighted by atomic mass is 35.5. The van der Waals surface area contributed by atoms with E-state index in [0.717, 1.165) is 11.1 Å². The zero-order valence-electron chi connectivity index (χ0n) is 49.0. The van der Waals surface area contributed by atoms with E-state index < -0.39 is 123 Å². The van der Waals surface area contributed by atoms with Crippen molar-refractivity contribution < 1.29 is 90.9 Å². The molecule has 6 amide bonds. The Hall–Kier alpha value is -6.55. The van der Waals surface area contributed by atoms with Gasteiger partial charge in [0.2, 0.25) is 11.8 Å². The number of nitrogens with one attached hydrogen (secondary N) is 6. The minimum Gasteiger partial charge on any atom is -0.459 e. The Labute approximate surface area is 511 Å². The van der Waals surface area contributed by atoms with Crippen molar-refractivity contribution in [1.82, 2.24) is 32.0 Å². The topological polar surface area (TPSA) is 211 Å². The minimum absolute atomic E-state index is 0.0529. The summed E-state index contributed by atoms with van der Waals surface area (Å²) in [4.78, 5) is 62.7. The van der Waals surface area contributed by atoms with E-state index in [1.807, 2.05) is 29.7 Å². The fourth-order valence-electron chi connectivity index (χ4n) is 10.5. The number of hydrogen-bond acceptors (Lipinski definition) is 9. The van der Waals surface area contributed by atoms with Gasteiger partial charge in [0.05, 0.1) is 53.0 Å². The smallest absolute Gasteiger partial charge is 0.416 e. The molecule has 0 saturated heterocycles. The number of carbonyl (C=O) groups excluding carboxylic acids is 5. The molecular weight excluding hydrogens is 1230 g/mol. The molecule has 0 bridgehead atoms. The van der Waals surface area contributed by atoms with E-state index in [1.165, 1.54) is 27.9 Å². The first kappa shape index (κ1) is 73.9. The number of halogens is 14. The van der Waals surface area contributed by atoms with Crippen LogP contribution in [0.15, 0.2) is 97.1 Å². The van der Waals surface area contributed by atoms with E-state index in [4.69, 9.17) is 43.3 Å². The number of hydrogen-bond donors (Lipinski definition) is 7. The molecule has 2 aliphatic rings. The normalized spacial score (nSPS) is 21.3. The monoisotopic (exact) mass is 1300 g/mol. The lowest BCUT2D eigenvalue weighted by Gasteiger charge is -2.46. The highest BCUT2D eigenvalue weighted by Crippen LogP contribution is 2.47. The molecule has 2 atom stereocenters. The van der Waals surface area contributed by atoms with Crippen LogP contribution in [0.25, 0.3) is 0 Å². The van der Waals surface area contributed by atoms with Gasteiger partial charge in [-0.05, 0) is 145 Å². The van der Waals surface area contributed by atoms with Crippen molar-refractivity contribution in [2.75, 3.05) is 39.2 Å². The molecule has 0 heterocycles. The third-order valence-corrected chi connectivity index (χ3v) is 15.2. The molecular formula is C59H71Cl2F12N7O8. The fourth-order valence-corrected chi connectivity index (χ4v) is 10.5. The first-order valence-electron chi connectivity index (χ1n) is 27.3. The average Bonchev–Trinajstić information content (AvgIpc) is 0.891. The van der Waals surface area contributed by atoms with Crippen LogP contribution in [0.1, 0.15) is 143 Å². The molecule has 4 aromatic rings. The number of amides is 6. The summed E-state index contributed by atoms with van der Waals surface area (Å²) in [5.74, 6) is 3.62. The number of hydrazine groups is 1. The predicted molar refractivity (Wildman–Crippen MR) is 303 cm³/mol. The largest absolute Gasteiger partial charge is 0.459 e. The maximum atomic E-state index is 13.5. The van der Waals surface area contributed by atoms with Crippen LogP contribution < -0.4 is 37.9 Å². The van der Waals surface area contributed by atoms with Crippen molar-refractivity contribution in [1.29, 1.82) is 0 Å². The van der Waals surface area contributed by atoms with Gasteiger partial charge in [0.15, 0.2) is 0 Å². The molecule has 2 fully saturated rings. The molecule has 4 aromatic carbocycles. The van der Waals surface area contributed by atoms with Gasteiger partial charge in [0, 0.05) is 24.9 Å². The van der Waals surface area contributed by atoms with Crippen molar-refractivity contribution in [2.45, 2.75) is 150 Å². The Morgan fingerprint density at radius 1 is 0.523 bits per heavy atom. The molecule has 8 N–H and O–H groups in total. The molecule has 0 spiro atoms. The Balaban J connectivity index is 0.000000365. The molecule has 2 saturated carbocycles. The van der Waals surface area contributed by atoms with Crippen molar-refractivity contribution in [2.24, 2.45) is 5.84 Å². The zero-order chi connectivity index (χ0) is 66.3. The maximum absolute atomic E-state index is 13.5. The summed E-state index contributed by atoms with van der Waals surface area (Å²) < 4.78 is 178. The summed E-state index contributed by atoms with van der Waals surface area (Å²) in [5, 5.41) is 13.0. The van der Waals surface area contributed by atoms with Gasteiger partial charge >= 0.3 is 42.7 Å². The predicted octanol–water partition coefficient (Wildman–Crippen LogP) is 12.8. The molecule has 88 heavy (non-hydrogen) atoms. The van der Waals surface area contributed by atoms with Crippen LogP contribution in [0, 0.1) is 0 Å². The Bertz CT molecular complexity index is 2900. The van der Waals surface area contributed by atoms with E-state index in [0.29, 0.717) is 37.1 Å². The third-order valence-electron chi connectivity index (χ3n) is 15.2. The number of carbonyl (C=O) groups is 5. The van der Waals surface area contributed by atoms with Crippen LogP contribution in [-0.4, -0.2) is 85.7 Å². The van der Waals surface area contributed by atoms with E-state index in [2.05, 4.69) is 26.6 Å². The standard InChI is InChI=1S/C32H39F6N3O5.C26H30F6N4O3.CH2Cl2/c1-20(21-15-23(31(33,34)35)17-24(16-21)32(36,37)38)45-19-29(22-9-7-6-8-10-22)11-13-30(14-12-29,26(43)39-5)41-27(44)40-18-25(42)46-28(2,3)4;1-16(17-12-19(25(27,28)29)14-20(13-17)26(30,31)32)39-15-23(18-6-4-3-5-7-18)8-10-24(11-9-23,21(37)34-2)35-22(38)36-33;2-1-3/h6-10,15-17,20H,11-14,18-19H2,1-5H3,(H,39,43)(H2,40,41,44);3-7,12-14,16H,8-11,15,33H2,1-2H3,(H,34,37)(H2,35,36,38);1H2/t20-,29?,30?;16-,23?,24?;/m11./s1. The number of benzene rings is 4. The lowest BCUT2D eigenvalue weighted by Crippen LogP contribution is -2.63. The Morgan fingerprint density at radius 3 is 1.10 bits per heavy atom. The van der Waals surface area contributed by atoms with Gasteiger partial charge in [-0.2, -0.15) is 52.7 Å². The van der Waals surface area contributed by atoms with Crippen LogP contribution >= 0.6 is 23.2 Å². The van der Waals surface area contributed by atoms with E-state index in [-0.39, 0.29) is 80.3 Å². The van der Waals surface area contributed by atoms with Gasteiger partial charge in [-0.3, -0.25) is 19.8 Å². The second-order valence-corrected chi connectivity index (χ2v) is 23.1. The van der Waals surface area contributed by atoms with Crippen LogP contribution in [0.2, 0.25) is 0 Å². The lowest BCUT2D eigenvalue weighted by atomic mass is 9.64. The zero-order valence-corrected chi connectivity index (χ0v) is 50.5. The molecule has 0 unspecified atom stereocenters. The van der Waals surface area contributed by atoms with Crippen LogP contribution in [0.4, 0.5) is 62.3 Å². The number of ether oxygens (including phenoxy) is 3. The summed E-state index contributed by atoms with van der Waals surface area (Å²) >= 11 is 9.53.